The minimum Gasteiger partial charge on any atom is -0.490 e. The Morgan fingerprint density at radius 2 is 1.97 bits per heavy atom. The van der Waals surface area contributed by atoms with Gasteiger partial charge in [-0.1, -0.05) is 37.5 Å². The molecular weight excluding hydrogens is 554 g/mol. The van der Waals surface area contributed by atoms with Crippen LogP contribution in [-0.2, 0) is 11.4 Å². The van der Waals surface area contributed by atoms with Crippen molar-refractivity contribution >= 4 is 51.9 Å². The van der Waals surface area contributed by atoms with E-state index in [0.29, 0.717) is 34.5 Å². The maximum absolute atomic E-state index is 14.0. The van der Waals surface area contributed by atoms with Crippen molar-refractivity contribution in [2.45, 2.75) is 51.7 Å². The van der Waals surface area contributed by atoms with Crippen LogP contribution in [0.3, 0.4) is 0 Å². The second kappa shape index (κ2) is 10.8. The van der Waals surface area contributed by atoms with E-state index < -0.39 is 0 Å². The molecule has 2 aromatic rings. The Balaban J connectivity index is 1.57. The molecule has 0 spiro atoms. The van der Waals surface area contributed by atoms with Crippen LogP contribution in [0.15, 0.2) is 42.1 Å². The molecule has 1 aliphatic carbocycles. The first kappa shape index (κ1) is 23.9. The minimum atomic E-state index is -0.309. The lowest BCUT2D eigenvalue weighted by Gasteiger charge is -2.29. The van der Waals surface area contributed by atoms with Gasteiger partial charge in [-0.3, -0.25) is 9.69 Å². The van der Waals surface area contributed by atoms with Gasteiger partial charge in [0.15, 0.2) is 16.6 Å². The molecule has 4 rings (SSSR count). The summed E-state index contributed by atoms with van der Waals surface area (Å²) in [6.07, 6.45) is 7.23. The molecule has 0 unspecified atom stereocenters. The number of thiocarbonyl (C=S) groups is 1. The van der Waals surface area contributed by atoms with Gasteiger partial charge in [0.1, 0.15) is 18.1 Å². The summed E-state index contributed by atoms with van der Waals surface area (Å²) in [4.78, 5) is 14.8. The van der Waals surface area contributed by atoms with Crippen molar-refractivity contribution in [3.63, 3.8) is 0 Å². The topological polar surface area (TPSA) is 50.8 Å². The van der Waals surface area contributed by atoms with Gasteiger partial charge in [-0.05, 0) is 84.4 Å². The molecule has 0 aromatic heterocycles. The van der Waals surface area contributed by atoms with E-state index in [-0.39, 0.29) is 24.4 Å². The van der Waals surface area contributed by atoms with Gasteiger partial charge in [0, 0.05) is 11.6 Å². The largest absolute Gasteiger partial charge is 0.490 e. The summed E-state index contributed by atoms with van der Waals surface area (Å²) in [6.45, 7) is 2.43. The number of carbonyl (C=O) groups is 1. The molecule has 2 aliphatic rings. The second-order valence-electron chi connectivity index (χ2n) is 8.10. The molecule has 1 saturated carbocycles. The van der Waals surface area contributed by atoms with Gasteiger partial charge in [0.25, 0.3) is 5.91 Å². The van der Waals surface area contributed by atoms with E-state index in [4.69, 9.17) is 21.7 Å². The van der Waals surface area contributed by atoms with E-state index in [1.165, 1.54) is 12.5 Å². The van der Waals surface area contributed by atoms with Crippen molar-refractivity contribution < 1.29 is 18.7 Å². The van der Waals surface area contributed by atoms with Crippen LogP contribution in [0.25, 0.3) is 6.08 Å². The van der Waals surface area contributed by atoms with E-state index >= 15 is 0 Å². The first-order chi connectivity index (χ1) is 16.0. The SMILES string of the molecule is CCOc1cc(/C=C2\NC(=S)N(C3CCCCC3)C2=O)cc(I)c1OCc1ccccc1F. The van der Waals surface area contributed by atoms with Gasteiger partial charge in [0.05, 0.1) is 10.2 Å². The van der Waals surface area contributed by atoms with Crippen LogP contribution in [0.1, 0.15) is 50.2 Å². The van der Waals surface area contributed by atoms with Gasteiger partial charge >= 0.3 is 0 Å². The molecule has 1 N–H and O–H groups in total. The first-order valence-corrected chi connectivity index (χ1v) is 12.7. The average molecular weight is 580 g/mol. The maximum Gasteiger partial charge on any atom is 0.276 e. The molecule has 0 bridgehead atoms. The standard InChI is InChI=1S/C25H26FIN2O3S/c1-2-31-22-14-16(12-20(27)23(22)32-15-17-8-6-7-11-19(17)26)13-21-24(30)29(25(33)28-21)18-9-4-3-5-10-18/h6-8,11-14,18H,2-5,9-10,15H2,1H3,(H,28,33)/b21-13-. The molecule has 1 amide bonds. The van der Waals surface area contributed by atoms with Crippen molar-refractivity contribution in [1.29, 1.82) is 0 Å². The van der Waals surface area contributed by atoms with Crippen molar-refractivity contribution in [1.82, 2.24) is 10.2 Å². The van der Waals surface area contributed by atoms with Crippen LogP contribution >= 0.6 is 34.8 Å². The van der Waals surface area contributed by atoms with E-state index in [1.807, 2.05) is 19.1 Å². The molecule has 8 heteroatoms. The number of carbonyl (C=O) groups excluding carboxylic acids is 1. The van der Waals surface area contributed by atoms with Crippen LogP contribution in [0.4, 0.5) is 4.39 Å². The number of benzene rings is 2. The smallest absolute Gasteiger partial charge is 0.276 e. The van der Waals surface area contributed by atoms with Crippen LogP contribution < -0.4 is 14.8 Å². The van der Waals surface area contributed by atoms with Crippen molar-refractivity contribution in [3.05, 3.63) is 62.6 Å². The van der Waals surface area contributed by atoms with Crippen LogP contribution in [0, 0.1) is 9.39 Å². The summed E-state index contributed by atoms with van der Waals surface area (Å²) in [5.74, 6) is 0.702. The monoisotopic (exact) mass is 580 g/mol. The first-order valence-electron chi connectivity index (χ1n) is 11.2. The maximum atomic E-state index is 14.0. The van der Waals surface area contributed by atoms with Gasteiger partial charge in [0.2, 0.25) is 0 Å². The number of hydrogen-bond acceptors (Lipinski definition) is 4. The van der Waals surface area contributed by atoms with Gasteiger partial charge in [-0.2, -0.15) is 0 Å². The predicted molar refractivity (Wildman–Crippen MR) is 138 cm³/mol. The van der Waals surface area contributed by atoms with Crippen molar-refractivity contribution in [2.75, 3.05) is 6.61 Å². The summed E-state index contributed by atoms with van der Waals surface area (Å²) in [5, 5.41) is 3.57. The molecule has 2 aromatic carbocycles. The zero-order chi connectivity index (χ0) is 23.4. The number of halogens is 2. The highest BCUT2D eigenvalue weighted by Gasteiger charge is 2.36. The number of amides is 1. The number of nitrogens with zero attached hydrogens (tertiary/aromatic N) is 1. The molecule has 2 fully saturated rings. The summed E-state index contributed by atoms with van der Waals surface area (Å²) < 4.78 is 26.6. The summed E-state index contributed by atoms with van der Waals surface area (Å²) in [7, 11) is 0. The zero-order valence-corrected chi connectivity index (χ0v) is 21.4. The fraction of sp³-hybridized carbons (Fsp3) is 0.360. The Kier molecular flexibility index (Phi) is 7.85. The highest BCUT2D eigenvalue weighted by atomic mass is 127. The lowest BCUT2D eigenvalue weighted by Crippen LogP contribution is -2.41. The molecule has 5 nitrogen and oxygen atoms in total. The van der Waals surface area contributed by atoms with Crippen LogP contribution in [-0.4, -0.2) is 28.6 Å². The molecular formula is C25H26FIN2O3S. The molecule has 0 radical (unpaired) electrons. The second-order valence-corrected chi connectivity index (χ2v) is 9.65. The molecule has 1 aliphatic heterocycles. The van der Waals surface area contributed by atoms with Gasteiger partial charge in [-0.15, -0.1) is 0 Å². The minimum absolute atomic E-state index is 0.0836. The third-order valence-electron chi connectivity index (χ3n) is 5.82. The number of hydrogen-bond donors (Lipinski definition) is 1. The van der Waals surface area contributed by atoms with E-state index in [0.717, 1.165) is 34.8 Å². The number of rotatable bonds is 7. The molecule has 174 valence electrons. The molecule has 33 heavy (non-hydrogen) atoms. The zero-order valence-electron chi connectivity index (χ0n) is 18.4. The number of ether oxygens (including phenoxy) is 2. The molecule has 1 heterocycles. The van der Waals surface area contributed by atoms with Crippen LogP contribution in [0.5, 0.6) is 11.5 Å². The highest BCUT2D eigenvalue weighted by molar-refractivity contribution is 14.1. The number of nitrogens with one attached hydrogen (secondary N) is 1. The van der Waals surface area contributed by atoms with Crippen molar-refractivity contribution in [2.24, 2.45) is 0 Å². The lowest BCUT2D eigenvalue weighted by atomic mass is 9.94. The highest BCUT2D eigenvalue weighted by Crippen LogP contribution is 2.36. The Hall–Kier alpha value is -2.20. The summed E-state index contributed by atoms with van der Waals surface area (Å²) in [5.41, 5.74) is 1.73. The average Bonchev–Trinajstić information content (AvgIpc) is 3.07. The van der Waals surface area contributed by atoms with E-state index in [1.54, 1.807) is 29.2 Å². The van der Waals surface area contributed by atoms with E-state index in [2.05, 4.69) is 27.9 Å². The Bertz CT molecular complexity index is 1090. The van der Waals surface area contributed by atoms with Gasteiger partial charge < -0.3 is 14.8 Å². The lowest BCUT2D eigenvalue weighted by molar-refractivity contribution is -0.124. The summed E-state index contributed by atoms with van der Waals surface area (Å²) >= 11 is 7.64. The quantitative estimate of drug-likeness (QED) is 0.255. The Labute approximate surface area is 212 Å². The van der Waals surface area contributed by atoms with E-state index in [9.17, 15) is 9.18 Å². The Morgan fingerprint density at radius 1 is 1.21 bits per heavy atom. The van der Waals surface area contributed by atoms with Gasteiger partial charge in [-0.25, -0.2) is 4.39 Å². The van der Waals surface area contributed by atoms with Crippen LogP contribution in [0.2, 0.25) is 0 Å². The predicted octanol–water partition coefficient (Wildman–Crippen LogP) is 5.80. The third kappa shape index (κ3) is 5.48. The normalized spacial score (nSPS) is 18.0. The molecule has 1 saturated heterocycles. The molecule has 0 atom stereocenters. The Morgan fingerprint density at radius 3 is 2.70 bits per heavy atom. The summed E-state index contributed by atoms with van der Waals surface area (Å²) in [6, 6.07) is 10.4. The third-order valence-corrected chi connectivity index (χ3v) is 6.92. The fourth-order valence-electron chi connectivity index (χ4n) is 4.23. The van der Waals surface area contributed by atoms with Crippen molar-refractivity contribution in [3.8, 4) is 11.5 Å². The fourth-order valence-corrected chi connectivity index (χ4v) is 5.35.